The normalized spacial score (nSPS) is 17.9. The molecule has 1 aliphatic rings. The van der Waals surface area contributed by atoms with Crippen LogP contribution in [0.1, 0.15) is 36.8 Å². The molecular formula is C28H35N5. The van der Waals surface area contributed by atoms with E-state index in [0.29, 0.717) is 6.04 Å². The van der Waals surface area contributed by atoms with Crippen LogP contribution in [0.4, 0.5) is 11.8 Å². The number of benzene rings is 2. The molecule has 0 radical (unpaired) electrons. The van der Waals surface area contributed by atoms with Gasteiger partial charge in [-0.25, -0.2) is 4.98 Å². The molecule has 1 aromatic heterocycles. The van der Waals surface area contributed by atoms with Crippen LogP contribution in [0, 0.1) is 5.92 Å². The molecule has 1 fully saturated rings. The van der Waals surface area contributed by atoms with Gasteiger partial charge in [0.2, 0.25) is 5.95 Å². The highest BCUT2D eigenvalue weighted by molar-refractivity contribution is 5.79. The van der Waals surface area contributed by atoms with Crippen molar-refractivity contribution in [1.82, 2.24) is 15.3 Å². The van der Waals surface area contributed by atoms with E-state index in [9.17, 15) is 0 Å². The van der Waals surface area contributed by atoms with Crippen LogP contribution in [0.2, 0.25) is 0 Å². The number of aromatic nitrogens is 2. The van der Waals surface area contributed by atoms with Gasteiger partial charge in [-0.2, -0.15) is 4.98 Å². The lowest BCUT2D eigenvalue weighted by Crippen LogP contribution is -2.32. The molecule has 1 saturated carbocycles. The highest BCUT2D eigenvalue weighted by Gasteiger charge is 2.21. The second-order valence-corrected chi connectivity index (χ2v) is 9.00. The summed E-state index contributed by atoms with van der Waals surface area (Å²) in [5.41, 5.74) is 3.81. The summed E-state index contributed by atoms with van der Waals surface area (Å²) >= 11 is 0. The SMILES string of the molecule is CN(C)c1ccnc(NC2CCC(CNCC=C(c3ccccc3)c3ccccc3)CC2)n1. The maximum absolute atomic E-state index is 4.60. The van der Waals surface area contributed by atoms with Gasteiger partial charge in [0, 0.05) is 32.9 Å². The minimum Gasteiger partial charge on any atom is -0.363 e. The minimum absolute atomic E-state index is 0.460. The lowest BCUT2D eigenvalue weighted by atomic mass is 9.86. The summed E-state index contributed by atoms with van der Waals surface area (Å²) in [6, 6.07) is 23.7. The third-order valence-corrected chi connectivity index (χ3v) is 6.33. The molecule has 2 aromatic carbocycles. The Hall–Kier alpha value is -3.18. The van der Waals surface area contributed by atoms with Crippen LogP contribution in [-0.2, 0) is 0 Å². The van der Waals surface area contributed by atoms with Crippen molar-refractivity contribution in [3.8, 4) is 0 Å². The number of anilines is 2. The van der Waals surface area contributed by atoms with E-state index in [1.54, 1.807) is 0 Å². The Morgan fingerprint density at radius 2 is 1.55 bits per heavy atom. The third-order valence-electron chi connectivity index (χ3n) is 6.33. The summed E-state index contributed by atoms with van der Waals surface area (Å²) in [5.74, 6) is 2.40. The first kappa shape index (κ1) is 23.0. The molecule has 5 heteroatoms. The second kappa shape index (κ2) is 11.6. The standard InChI is InChI=1S/C28H35N5/c1-33(2)27-18-20-30-28(32-27)31-25-15-13-22(14-16-25)21-29-19-17-26(23-9-5-3-6-10-23)24-11-7-4-8-12-24/h3-12,17-18,20,22,25,29H,13-16,19,21H2,1-2H3,(H,30,31,32). The van der Waals surface area contributed by atoms with Crippen molar-refractivity contribution in [2.24, 2.45) is 5.92 Å². The molecule has 3 aromatic rings. The quantitative estimate of drug-likeness (QED) is 0.445. The lowest BCUT2D eigenvalue weighted by Gasteiger charge is -2.29. The molecule has 172 valence electrons. The molecule has 5 nitrogen and oxygen atoms in total. The third kappa shape index (κ3) is 6.65. The Balaban J connectivity index is 1.26. The summed E-state index contributed by atoms with van der Waals surface area (Å²) in [5, 5.41) is 7.22. The number of nitrogens with one attached hydrogen (secondary N) is 2. The highest BCUT2D eigenvalue weighted by atomic mass is 15.2. The van der Waals surface area contributed by atoms with Gasteiger partial charge in [-0.1, -0.05) is 66.7 Å². The number of rotatable bonds is 9. The maximum atomic E-state index is 4.60. The van der Waals surface area contributed by atoms with Gasteiger partial charge in [0.15, 0.2) is 0 Å². The van der Waals surface area contributed by atoms with E-state index in [4.69, 9.17) is 0 Å². The summed E-state index contributed by atoms with van der Waals surface area (Å²) < 4.78 is 0. The van der Waals surface area contributed by atoms with Crippen LogP contribution in [0.5, 0.6) is 0 Å². The molecular weight excluding hydrogens is 406 g/mol. The van der Waals surface area contributed by atoms with Gasteiger partial charge in [0.1, 0.15) is 5.82 Å². The van der Waals surface area contributed by atoms with Gasteiger partial charge in [0.25, 0.3) is 0 Å². The van der Waals surface area contributed by atoms with Gasteiger partial charge in [-0.05, 0) is 60.9 Å². The molecule has 0 unspecified atom stereocenters. The molecule has 2 N–H and O–H groups in total. The summed E-state index contributed by atoms with van der Waals surface area (Å²) in [6.07, 6.45) is 8.94. The molecule has 0 amide bonds. The first-order valence-electron chi connectivity index (χ1n) is 12.0. The van der Waals surface area contributed by atoms with Crippen LogP contribution >= 0.6 is 0 Å². The Bertz CT molecular complexity index is 967. The van der Waals surface area contributed by atoms with Crippen molar-refractivity contribution in [1.29, 1.82) is 0 Å². The molecule has 1 heterocycles. The zero-order chi connectivity index (χ0) is 22.9. The molecule has 0 spiro atoms. The fourth-order valence-electron chi connectivity index (χ4n) is 4.46. The molecule has 0 aliphatic heterocycles. The van der Waals surface area contributed by atoms with Gasteiger partial charge < -0.3 is 15.5 Å². The number of nitrogens with zero attached hydrogens (tertiary/aromatic N) is 3. The molecule has 0 atom stereocenters. The van der Waals surface area contributed by atoms with Crippen LogP contribution in [0.3, 0.4) is 0 Å². The second-order valence-electron chi connectivity index (χ2n) is 9.00. The van der Waals surface area contributed by atoms with Crippen molar-refractivity contribution in [3.63, 3.8) is 0 Å². The Kier molecular flexibility index (Phi) is 8.09. The predicted molar refractivity (Wildman–Crippen MR) is 139 cm³/mol. The van der Waals surface area contributed by atoms with Crippen molar-refractivity contribution < 1.29 is 0 Å². The van der Waals surface area contributed by atoms with E-state index in [1.165, 1.54) is 29.5 Å². The fourth-order valence-corrected chi connectivity index (χ4v) is 4.46. The van der Waals surface area contributed by atoms with Crippen LogP contribution < -0.4 is 15.5 Å². The Morgan fingerprint density at radius 1 is 0.909 bits per heavy atom. The van der Waals surface area contributed by atoms with Crippen LogP contribution in [-0.4, -0.2) is 43.2 Å². The van der Waals surface area contributed by atoms with E-state index >= 15 is 0 Å². The zero-order valence-electron chi connectivity index (χ0n) is 19.7. The van der Waals surface area contributed by atoms with Gasteiger partial charge in [0.05, 0.1) is 0 Å². The van der Waals surface area contributed by atoms with Crippen molar-refractivity contribution in [2.45, 2.75) is 31.7 Å². The van der Waals surface area contributed by atoms with Gasteiger partial charge in [-0.3, -0.25) is 0 Å². The van der Waals surface area contributed by atoms with E-state index in [0.717, 1.165) is 43.6 Å². The van der Waals surface area contributed by atoms with Crippen molar-refractivity contribution in [3.05, 3.63) is 90.1 Å². The van der Waals surface area contributed by atoms with Gasteiger partial charge >= 0.3 is 0 Å². The summed E-state index contributed by atoms with van der Waals surface area (Å²) in [4.78, 5) is 11.0. The average molecular weight is 442 g/mol. The highest BCUT2D eigenvalue weighted by Crippen LogP contribution is 2.26. The van der Waals surface area contributed by atoms with Gasteiger partial charge in [-0.15, -0.1) is 0 Å². The topological polar surface area (TPSA) is 53.1 Å². The summed E-state index contributed by atoms with van der Waals surface area (Å²) in [7, 11) is 4.00. The monoisotopic (exact) mass is 441 g/mol. The smallest absolute Gasteiger partial charge is 0.224 e. The number of hydrogen-bond donors (Lipinski definition) is 2. The van der Waals surface area contributed by atoms with Crippen LogP contribution in [0.15, 0.2) is 79.0 Å². The Morgan fingerprint density at radius 3 is 2.15 bits per heavy atom. The van der Waals surface area contributed by atoms with E-state index < -0.39 is 0 Å². The predicted octanol–water partition coefficient (Wildman–Crippen LogP) is 5.23. The molecule has 4 rings (SSSR count). The minimum atomic E-state index is 0.460. The van der Waals surface area contributed by atoms with E-state index in [-0.39, 0.29) is 0 Å². The van der Waals surface area contributed by atoms with Crippen molar-refractivity contribution in [2.75, 3.05) is 37.4 Å². The zero-order valence-corrected chi connectivity index (χ0v) is 19.7. The first-order chi connectivity index (χ1) is 16.2. The van der Waals surface area contributed by atoms with E-state index in [2.05, 4.69) is 87.3 Å². The largest absolute Gasteiger partial charge is 0.363 e. The first-order valence-corrected chi connectivity index (χ1v) is 12.0. The molecule has 1 aliphatic carbocycles. The lowest BCUT2D eigenvalue weighted by molar-refractivity contribution is 0.327. The molecule has 33 heavy (non-hydrogen) atoms. The maximum Gasteiger partial charge on any atom is 0.224 e. The number of hydrogen-bond acceptors (Lipinski definition) is 5. The van der Waals surface area contributed by atoms with E-state index in [1.807, 2.05) is 31.3 Å². The summed E-state index contributed by atoms with van der Waals surface area (Å²) in [6.45, 7) is 1.94. The average Bonchev–Trinajstić information content (AvgIpc) is 2.86. The molecule has 0 saturated heterocycles. The van der Waals surface area contributed by atoms with Crippen LogP contribution in [0.25, 0.3) is 5.57 Å². The fraction of sp³-hybridized carbons (Fsp3) is 0.357. The molecule has 0 bridgehead atoms. The Labute approximate surface area is 198 Å². The van der Waals surface area contributed by atoms with Crippen molar-refractivity contribution >= 4 is 17.3 Å².